The van der Waals surface area contributed by atoms with Crippen molar-refractivity contribution in [1.82, 2.24) is 5.32 Å². The van der Waals surface area contributed by atoms with E-state index < -0.39 is 15.9 Å². The number of sulfonamides is 1. The molecule has 3 rings (SSSR count). The maximum Gasteiger partial charge on any atom is 0.256 e. The van der Waals surface area contributed by atoms with Gasteiger partial charge in [0.2, 0.25) is 10.0 Å². The Kier molecular flexibility index (Phi) is 6.97. The van der Waals surface area contributed by atoms with E-state index in [4.69, 9.17) is 4.74 Å². The van der Waals surface area contributed by atoms with Crippen molar-refractivity contribution in [2.24, 2.45) is 0 Å². The maximum absolute atomic E-state index is 13.0. The van der Waals surface area contributed by atoms with Crippen LogP contribution in [0.1, 0.15) is 39.1 Å². The van der Waals surface area contributed by atoms with Gasteiger partial charge >= 0.3 is 0 Å². The molecule has 0 bridgehead atoms. The molecule has 2 aromatic carbocycles. The molecule has 2 N–H and O–H groups in total. The van der Waals surface area contributed by atoms with Gasteiger partial charge in [-0.25, -0.2) is 8.42 Å². The molecule has 166 valence electrons. The molecule has 2 aromatic rings. The molecule has 1 unspecified atom stereocenters. The van der Waals surface area contributed by atoms with E-state index in [1.165, 1.54) is 7.05 Å². The van der Waals surface area contributed by atoms with Crippen LogP contribution in [0.5, 0.6) is 0 Å². The number of rotatable bonds is 7. The molecule has 0 radical (unpaired) electrons. The van der Waals surface area contributed by atoms with Crippen molar-refractivity contribution in [2.75, 3.05) is 36.1 Å². The first kappa shape index (κ1) is 22.8. The Morgan fingerprint density at radius 3 is 2.48 bits per heavy atom. The van der Waals surface area contributed by atoms with Gasteiger partial charge in [-0.05, 0) is 49.6 Å². The molecule has 9 heteroatoms. The molecule has 2 amide bonds. The molecule has 1 aliphatic heterocycles. The molecule has 31 heavy (non-hydrogen) atoms. The van der Waals surface area contributed by atoms with E-state index >= 15 is 0 Å². The second kappa shape index (κ2) is 9.49. The maximum atomic E-state index is 13.0. The summed E-state index contributed by atoms with van der Waals surface area (Å²) in [5, 5.41) is 5.64. The van der Waals surface area contributed by atoms with Crippen molar-refractivity contribution < 1.29 is 22.7 Å². The topological polar surface area (TPSA) is 105 Å². The highest BCUT2D eigenvalue weighted by Gasteiger charge is 2.21. The lowest BCUT2D eigenvalue weighted by Gasteiger charge is -2.20. The Morgan fingerprint density at radius 1 is 1.10 bits per heavy atom. The number of anilines is 2. The van der Waals surface area contributed by atoms with Gasteiger partial charge < -0.3 is 15.4 Å². The van der Waals surface area contributed by atoms with Crippen molar-refractivity contribution in [3.05, 3.63) is 59.2 Å². The first-order valence-electron chi connectivity index (χ1n) is 10.0. The van der Waals surface area contributed by atoms with Crippen LogP contribution >= 0.6 is 0 Å². The smallest absolute Gasteiger partial charge is 0.256 e. The van der Waals surface area contributed by atoms with Gasteiger partial charge in [0.1, 0.15) is 0 Å². The summed E-state index contributed by atoms with van der Waals surface area (Å²) in [7, 11) is -2.04. The summed E-state index contributed by atoms with van der Waals surface area (Å²) in [6.07, 6.45) is 3.02. The van der Waals surface area contributed by atoms with Crippen LogP contribution in [0.25, 0.3) is 0 Å². The number of ether oxygens (including phenoxy) is 1. The second-order valence-electron chi connectivity index (χ2n) is 7.52. The Morgan fingerprint density at radius 2 is 1.81 bits per heavy atom. The Balaban J connectivity index is 1.79. The van der Waals surface area contributed by atoms with E-state index in [0.717, 1.165) is 23.4 Å². The van der Waals surface area contributed by atoms with Gasteiger partial charge in [-0.2, -0.15) is 0 Å². The third kappa shape index (κ3) is 5.42. The summed E-state index contributed by atoms with van der Waals surface area (Å²) in [6.45, 7) is 2.81. The number of nitrogens with zero attached hydrogens (tertiary/aromatic N) is 1. The monoisotopic (exact) mass is 445 g/mol. The quantitative estimate of drug-likeness (QED) is 0.682. The predicted octanol–water partition coefficient (Wildman–Crippen LogP) is 2.55. The molecule has 0 aliphatic carbocycles. The molecular weight excluding hydrogens is 418 g/mol. The van der Waals surface area contributed by atoms with Crippen LogP contribution in [0.2, 0.25) is 0 Å². The molecule has 1 heterocycles. The number of amides is 2. The van der Waals surface area contributed by atoms with Crippen molar-refractivity contribution in [3.8, 4) is 0 Å². The third-order valence-electron chi connectivity index (χ3n) is 5.32. The first-order valence-corrected chi connectivity index (χ1v) is 11.9. The number of benzene rings is 2. The number of carbonyl (C=O) groups excluding carboxylic acids is 2. The molecule has 0 saturated carbocycles. The van der Waals surface area contributed by atoms with Crippen molar-refractivity contribution in [3.63, 3.8) is 0 Å². The summed E-state index contributed by atoms with van der Waals surface area (Å²) in [5.74, 6) is -0.727. The average molecular weight is 446 g/mol. The predicted molar refractivity (Wildman–Crippen MR) is 120 cm³/mol. The van der Waals surface area contributed by atoms with Crippen LogP contribution in [-0.4, -0.2) is 52.8 Å². The van der Waals surface area contributed by atoms with Crippen LogP contribution in [-0.2, 0) is 14.8 Å². The normalized spacial score (nSPS) is 16.0. The molecule has 1 fully saturated rings. The SMILES string of the molecule is Cc1c(C(=O)Nc2ccccc2C(=O)NCC2CCCO2)cccc1N(C)S(C)(=O)=O. The standard InChI is InChI=1S/C22H27N3O5S/c1-15-17(10-6-12-20(15)25(2)31(3,28)29)22(27)24-19-11-5-4-9-18(19)21(26)23-14-16-8-7-13-30-16/h4-6,9-12,16H,7-8,13-14H2,1-3H3,(H,23,26)(H,24,27). The largest absolute Gasteiger partial charge is 0.376 e. The zero-order valence-corrected chi connectivity index (χ0v) is 18.7. The van der Waals surface area contributed by atoms with Crippen LogP contribution in [0.4, 0.5) is 11.4 Å². The minimum absolute atomic E-state index is 0.0166. The van der Waals surface area contributed by atoms with Gasteiger partial charge in [0.25, 0.3) is 11.8 Å². The van der Waals surface area contributed by atoms with Crippen LogP contribution < -0.4 is 14.9 Å². The molecule has 1 aliphatic rings. The Bertz CT molecular complexity index is 1080. The summed E-state index contributed by atoms with van der Waals surface area (Å²) in [6, 6.07) is 11.6. The highest BCUT2D eigenvalue weighted by molar-refractivity contribution is 7.92. The zero-order chi connectivity index (χ0) is 22.6. The number of carbonyl (C=O) groups is 2. The van der Waals surface area contributed by atoms with Crippen LogP contribution in [0.15, 0.2) is 42.5 Å². The van der Waals surface area contributed by atoms with E-state index in [2.05, 4.69) is 10.6 Å². The minimum atomic E-state index is -3.47. The van der Waals surface area contributed by atoms with Crippen molar-refractivity contribution >= 4 is 33.2 Å². The fourth-order valence-electron chi connectivity index (χ4n) is 3.48. The third-order valence-corrected chi connectivity index (χ3v) is 6.51. The summed E-state index contributed by atoms with van der Waals surface area (Å²) < 4.78 is 30.5. The number of hydrogen-bond acceptors (Lipinski definition) is 5. The van der Waals surface area contributed by atoms with Crippen LogP contribution in [0, 0.1) is 6.92 Å². The van der Waals surface area contributed by atoms with E-state index in [1.807, 2.05) is 0 Å². The van der Waals surface area contributed by atoms with Crippen molar-refractivity contribution in [2.45, 2.75) is 25.9 Å². The summed E-state index contributed by atoms with van der Waals surface area (Å²) in [5.41, 5.74) is 1.98. The summed E-state index contributed by atoms with van der Waals surface area (Å²) in [4.78, 5) is 25.6. The molecular formula is C22H27N3O5S. The van der Waals surface area contributed by atoms with Gasteiger partial charge in [-0.1, -0.05) is 18.2 Å². The lowest BCUT2D eigenvalue weighted by molar-refractivity contribution is 0.0858. The second-order valence-corrected chi connectivity index (χ2v) is 9.54. The Hall–Kier alpha value is -2.91. The number of hydrogen-bond donors (Lipinski definition) is 2. The molecule has 0 aromatic heterocycles. The molecule has 8 nitrogen and oxygen atoms in total. The zero-order valence-electron chi connectivity index (χ0n) is 17.8. The highest BCUT2D eigenvalue weighted by atomic mass is 32.2. The van der Waals surface area contributed by atoms with E-state index in [0.29, 0.717) is 41.2 Å². The lowest BCUT2D eigenvalue weighted by atomic mass is 10.1. The van der Waals surface area contributed by atoms with Gasteiger partial charge in [0.05, 0.1) is 29.3 Å². The highest BCUT2D eigenvalue weighted by Crippen LogP contribution is 2.25. The average Bonchev–Trinajstić information content (AvgIpc) is 3.25. The molecule has 0 spiro atoms. The van der Waals surface area contributed by atoms with Gasteiger partial charge in [0, 0.05) is 25.8 Å². The number of para-hydroxylation sites is 1. The minimum Gasteiger partial charge on any atom is -0.376 e. The van der Waals surface area contributed by atoms with Crippen molar-refractivity contribution in [1.29, 1.82) is 0 Å². The Labute approximate surface area is 182 Å². The van der Waals surface area contributed by atoms with Crippen LogP contribution in [0.3, 0.4) is 0 Å². The fourth-order valence-corrected chi connectivity index (χ4v) is 4.03. The number of nitrogens with one attached hydrogen (secondary N) is 2. The van der Waals surface area contributed by atoms with E-state index in [-0.39, 0.29) is 12.0 Å². The first-order chi connectivity index (χ1) is 14.7. The fraction of sp³-hybridized carbons (Fsp3) is 0.364. The van der Waals surface area contributed by atoms with E-state index in [1.54, 1.807) is 49.4 Å². The van der Waals surface area contributed by atoms with Gasteiger partial charge in [0.15, 0.2) is 0 Å². The molecule has 1 atom stereocenters. The molecule has 1 saturated heterocycles. The lowest BCUT2D eigenvalue weighted by Crippen LogP contribution is -2.32. The van der Waals surface area contributed by atoms with E-state index in [9.17, 15) is 18.0 Å². The van der Waals surface area contributed by atoms with Gasteiger partial charge in [-0.3, -0.25) is 13.9 Å². The summed E-state index contributed by atoms with van der Waals surface area (Å²) >= 11 is 0. The van der Waals surface area contributed by atoms with Gasteiger partial charge in [-0.15, -0.1) is 0 Å².